The maximum Gasteiger partial charge on any atom is 0.342 e. The van der Waals surface area contributed by atoms with Crippen molar-refractivity contribution in [2.75, 3.05) is 6.61 Å². The summed E-state index contributed by atoms with van der Waals surface area (Å²) in [5.41, 5.74) is 1.90. The van der Waals surface area contributed by atoms with Crippen molar-refractivity contribution in [1.82, 2.24) is 4.98 Å². The second-order valence-electron chi connectivity index (χ2n) is 5.37. The van der Waals surface area contributed by atoms with Crippen LogP contribution in [0.3, 0.4) is 0 Å². The Bertz CT molecular complexity index is 942. The zero-order valence-corrected chi connectivity index (χ0v) is 12.9. The van der Waals surface area contributed by atoms with E-state index in [2.05, 4.69) is 4.98 Å². The molecule has 0 unspecified atom stereocenters. The fourth-order valence-electron chi connectivity index (χ4n) is 2.61. The highest BCUT2D eigenvalue weighted by Gasteiger charge is 2.19. The van der Waals surface area contributed by atoms with E-state index < -0.39 is 18.3 Å². The van der Waals surface area contributed by atoms with Crippen molar-refractivity contribution in [3.63, 3.8) is 0 Å². The number of aromatic hydroxyl groups is 2. The van der Waals surface area contributed by atoms with Crippen molar-refractivity contribution in [3.05, 3.63) is 59.3 Å². The number of Topliss-reactive ketones (excluding diaryl/α,β-unsaturated/α-hetero) is 1. The number of carbonyl (C=O) groups excluding carboxylic acids is 2. The van der Waals surface area contributed by atoms with Crippen LogP contribution in [-0.2, 0) is 4.74 Å². The molecule has 1 heterocycles. The molecule has 0 aliphatic rings. The van der Waals surface area contributed by atoms with E-state index in [9.17, 15) is 19.8 Å². The van der Waals surface area contributed by atoms with Crippen LogP contribution < -0.4 is 0 Å². The summed E-state index contributed by atoms with van der Waals surface area (Å²) in [7, 11) is 0. The van der Waals surface area contributed by atoms with Gasteiger partial charge in [-0.2, -0.15) is 0 Å². The molecule has 3 rings (SSSR count). The molecule has 0 atom stereocenters. The van der Waals surface area contributed by atoms with Crippen LogP contribution >= 0.6 is 0 Å². The average molecular weight is 325 g/mol. The summed E-state index contributed by atoms with van der Waals surface area (Å²) in [5.74, 6) is -1.75. The van der Waals surface area contributed by atoms with Gasteiger partial charge in [0.05, 0.1) is 0 Å². The molecular weight excluding hydrogens is 310 g/mol. The summed E-state index contributed by atoms with van der Waals surface area (Å²) in [6.07, 6.45) is 0. The minimum atomic E-state index is -0.835. The number of esters is 1. The van der Waals surface area contributed by atoms with Gasteiger partial charge in [0.15, 0.2) is 6.61 Å². The smallest absolute Gasteiger partial charge is 0.342 e. The fourth-order valence-corrected chi connectivity index (χ4v) is 2.61. The van der Waals surface area contributed by atoms with Crippen LogP contribution in [0.25, 0.3) is 10.9 Å². The van der Waals surface area contributed by atoms with Crippen molar-refractivity contribution in [1.29, 1.82) is 0 Å². The SMILES string of the molecule is Cc1[nH]c2ccccc2c1C(=O)COC(=O)c1ccc(O)cc1O. The van der Waals surface area contributed by atoms with Crippen LogP contribution in [0.2, 0.25) is 0 Å². The number of benzene rings is 2. The minimum absolute atomic E-state index is 0.115. The van der Waals surface area contributed by atoms with Crippen molar-refractivity contribution >= 4 is 22.7 Å². The highest BCUT2D eigenvalue weighted by Crippen LogP contribution is 2.24. The number of ether oxygens (including phenoxy) is 1. The van der Waals surface area contributed by atoms with Crippen LogP contribution in [0.4, 0.5) is 0 Å². The monoisotopic (exact) mass is 325 g/mol. The Morgan fingerprint density at radius 3 is 2.62 bits per heavy atom. The first-order valence-electron chi connectivity index (χ1n) is 7.27. The van der Waals surface area contributed by atoms with E-state index in [0.29, 0.717) is 11.3 Å². The summed E-state index contributed by atoms with van der Waals surface area (Å²) in [4.78, 5) is 27.5. The highest BCUT2D eigenvalue weighted by molar-refractivity contribution is 6.10. The quantitative estimate of drug-likeness (QED) is 0.506. The van der Waals surface area contributed by atoms with Gasteiger partial charge in [-0.25, -0.2) is 4.79 Å². The Morgan fingerprint density at radius 1 is 1.12 bits per heavy atom. The number of aromatic nitrogens is 1. The number of hydrogen-bond acceptors (Lipinski definition) is 5. The van der Waals surface area contributed by atoms with E-state index in [0.717, 1.165) is 17.0 Å². The standard InChI is InChI=1S/C18H15NO5/c1-10-17(12-4-2-3-5-14(12)19-10)16(22)9-24-18(23)13-7-6-11(20)8-15(13)21/h2-8,19-21H,9H2,1H3. The first-order chi connectivity index (χ1) is 11.5. The first-order valence-corrected chi connectivity index (χ1v) is 7.27. The highest BCUT2D eigenvalue weighted by atomic mass is 16.5. The third-order valence-corrected chi connectivity index (χ3v) is 3.71. The third kappa shape index (κ3) is 2.81. The second-order valence-corrected chi connectivity index (χ2v) is 5.37. The minimum Gasteiger partial charge on any atom is -0.508 e. The molecule has 3 aromatic rings. The number of aromatic amines is 1. The molecule has 0 fully saturated rings. The van der Waals surface area contributed by atoms with Gasteiger partial charge in [-0.05, 0) is 25.1 Å². The van der Waals surface area contributed by atoms with Crippen LogP contribution in [0.1, 0.15) is 26.4 Å². The summed E-state index contributed by atoms with van der Waals surface area (Å²) >= 11 is 0. The number of hydrogen-bond donors (Lipinski definition) is 3. The number of nitrogens with one attached hydrogen (secondary N) is 1. The van der Waals surface area contributed by atoms with Gasteiger partial charge in [-0.15, -0.1) is 0 Å². The number of phenolic OH excluding ortho intramolecular Hbond substituents is 2. The van der Waals surface area contributed by atoms with Crippen LogP contribution in [0.5, 0.6) is 11.5 Å². The lowest BCUT2D eigenvalue weighted by atomic mass is 10.1. The number of carbonyl (C=O) groups is 2. The molecule has 24 heavy (non-hydrogen) atoms. The molecular formula is C18H15NO5. The van der Waals surface area contributed by atoms with Crippen molar-refractivity contribution < 1.29 is 24.5 Å². The maximum absolute atomic E-state index is 12.4. The maximum atomic E-state index is 12.4. The molecule has 3 N–H and O–H groups in total. The van der Waals surface area contributed by atoms with Crippen molar-refractivity contribution in [2.45, 2.75) is 6.92 Å². The molecule has 0 amide bonds. The van der Waals surface area contributed by atoms with E-state index in [1.54, 1.807) is 6.92 Å². The van der Waals surface area contributed by atoms with Gasteiger partial charge in [0.25, 0.3) is 0 Å². The molecule has 6 heteroatoms. The van der Waals surface area contributed by atoms with Gasteiger partial charge in [0, 0.05) is 28.2 Å². The lowest BCUT2D eigenvalue weighted by Crippen LogP contribution is -2.15. The van der Waals surface area contributed by atoms with Gasteiger partial charge in [-0.3, -0.25) is 4.79 Å². The van der Waals surface area contributed by atoms with Gasteiger partial charge >= 0.3 is 5.97 Å². The lowest BCUT2D eigenvalue weighted by molar-refractivity contribution is 0.0472. The van der Waals surface area contributed by atoms with Crippen LogP contribution in [0, 0.1) is 6.92 Å². The number of phenols is 2. The Morgan fingerprint density at radius 2 is 1.88 bits per heavy atom. The molecule has 0 aliphatic heterocycles. The summed E-state index contributed by atoms with van der Waals surface area (Å²) in [6, 6.07) is 10.9. The number of fused-ring (bicyclic) bond motifs is 1. The lowest BCUT2D eigenvalue weighted by Gasteiger charge is -2.06. The van der Waals surface area contributed by atoms with Gasteiger partial charge < -0.3 is 19.9 Å². The van der Waals surface area contributed by atoms with Gasteiger partial charge in [0.1, 0.15) is 17.1 Å². The van der Waals surface area contributed by atoms with E-state index in [1.165, 1.54) is 12.1 Å². The normalized spacial score (nSPS) is 10.7. The number of rotatable bonds is 4. The summed E-state index contributed by atoms with van der Waals surface area (Å²) in [5, 5.41) is 19.6. The molecule has 6 nitrogen and oxygen atoms in total. The van der Waals surface area contributed by atoms with E-state index >= 15 is 0 Å². The summed E-state index contributed by atoms with van der Waals surface area (Å²) in [6.45, 7) is 1.34. The third-order valence-electron chi connectivity index (χ3n) is 3.71. The fraction of sp³-hybridized carbons (Fsp3) is 0.111. The van der Waals surface area contributed by atoms with Crippen LogP contribution in [0.15, 0.2) is 42.5 Å². The van der Waals surface area contributed by atoms with E-state index in [-0.39, 0.29) is 17.1 Å². The molecule has 0 spiro atoms. The predicted octanol–water partition coefficient (Wildman–Crippen LogP) is 2.93. The van der Waals surface area contributed by atoms with Crippen molar-refractivity contribution in [2.24, 2.45) is 0 Å². The molecule has 0 saturated heterocycles. The predicted molar refractivity (Wildman–Crippen MR) is 87.4 cm³/mol. The van der Waals surface area contributed by atoms with Crippen LogP contribution in [-0.4, -0.2) is 33.6 Å². The molecule has 122 valence electrons. The molecule has 0 radical (unpaired) electrons. The van der Waals surface area contributed by atoms with E-state index in [1.807, 2.05) is 24.3 Å². The van der Waals surface area contributed by atoms with Crippen molar-refractivity contribution in [3.8, 4) is 11.5 Å². The average Bonchev–Trinajstić information content (AvgIpc) is 2.88. The molecule has 0 saturated carbocycles. The number of para-hydroxylation sites is 1. The Labute approximate surface area is 137 Å². The Kier molecular flexibility index (Phi) is 3.95. The van der Waals surface area contributed by atoms with E-state index in [4.69, 9.17) is 4.74 Å². The van der Waals surface area contributed by atoms with Gasteiger partial charge in [0.2, 0.25) is 5.78 Å². The summed E-state index contributed by atoms with van der Waals surface area (Å²) < 4.78 is 4.99. The molecule has 0 aliphatic carbocycles. The molecule has 1 aromatic heterocycles. The number of ketones is 1. The topological polar surface area (TPSA) is 99.6 Å². The Hall–Kier alpha value is -3.28. The zero-order chi connectivity index (χ0) is 17.3. The molecule has 2 aromatic carbocycles. The molecule has 0 bridgehead atoms. The van der Waals surface area contributed by atoms with Gasteiger partial charge in [-0.1, -0.05) is 18.2 Å². The number of H-pyrrole nitrogens is 1. The second kappa shape index (κ2) is 6.08. The zero-order valence-electron chi connectivity index (χ0n) is 12.9. The largest absolute Gasteiger partial charge is 0.508 e. The Balaban J connectivity index is 1.77. The number of aryl methyl sites for hydroxylation is 1. The first kappa shape index (κ1) is 15.6.